The van der Waals surface area contributed by atoms with Gasteiger partial charge < -0.3 is 0 Å². The number of rotatable bonds is 3. The minimum Gasteiger partial charge on any atom is -0.207 e. The van der Waals surface area contributed by atoms with E-state index in [0.717, 1.165) is 44.1 Å². The molecule has 2 fully saturated rings. The van der Waals surface area contributed by atoms with Gasteiger partial charge in [0.25, 0.3) is 0 Å². The molecule has 2 aliphatic rings. The van der Waals surface area contributed by atoms with Crippen molar-refractivity contribution in [1.29, 1.82) is 0 Å². The molecule has 1 aliphatic heterocycles. The van der Waals surface area contributed by atoms with Crippen molar-refractivity contribution in [3.05, 3.63) is 65.7 Å². The number of sulfonamides is 1. The highest BCUT2D eigenvalue weighted by Gasteiger charge is 2.49. The zero-order valence-corrected chi connectivity index (χ0v) is 16.2. The Hall–Kier alpha value is -1.65. The molecule has 0 unspecified atom stereocenters. The Morgan fingerprint density at radius 1 is 0.923 bits per heavy atom. The number of aryl methyl sites for hydroxylation is 1. The Kier molecular flexibility index (Phi) is 4.66. The third-order valence-electron chi connectivity index (χ3n) is 6.33. The predicted molar refractivity (Wildman–Crippen MR) is 105 cm³/mol. The van der Waals surface area contributed by atoms with Gasteiger partial charge in [-0.2, -0.15) is 4.31 Å². The molecule has 2 aromatic rings. The summed E-state index contributed by atoms with van der Waals surface area (Å²) in [6.07, 6.45) is 6.06. The lowest BCUT2D eigenvalue weighted by atomic mass is 9.73. The number of benzene rings is 2. The molecule has 0 N–H and O–H groups in total. The van der Waals surface area contributed by atoms with E-state index in [1.807, 2.05) is 23.4 Å². The third kappa shape index (κ3) is 3.10. The molecule has 3 nitrogen and oxygen atoms in total. The molecular weight excluding hydrogens is 342 g/mol. The Labute approximate surface area is 157 Å². The lowest BCUT2D eigenvalue weighted by Crippen LogP contribution is -2.49. The molecule has 2 aromatic carbocycles. The summed E-state index contributed by atoms with van der Waals surface area (Å²) >= 11 is 0. The Bertz CT molecular complexity index is 851. The molecular formula is C22H27NO2S. The van der Waals surface area contributed by atoms with Crippen LogP contribution in [0, 0.1) is 6.92 Å². The number of hydrogen-bond donors (Lipinski definition) is 0. The van der Waals surface area contributed by atoms with Crippen LogP contribution in [0.25, 0.3) is 0 Å². The predicted octanol–water partition coefficient (Wildman–Crippen LogP) is 4.88. The maximum Gasteiger partial charge on any atom is 0.243 e. The first-order valence-electron chi connectivity index (χ1n) is 9.66. The van der Waals surface area contributed by atoms with E-state index in [1.165, 1.54) is 5.56 Å². The van der Waals surface area contributed by atoms with Gasteiger partial charge in [0, 0.05) is 12.1 Å². The summed E-state index contributed by atoms with van der Waals surface area (Å²) in [5.74, 6) is 0.561. The molecule has 1 saturated carbocycles. The third-order valence-corrected chi connectivity index (χ3v) is 8.35. The van der Waals surface area contributed by atoms with Gasteiger partial charge >= 0.3 is 0 Å². The van der Waals surface area contributed by atoms with Crippen molar-refractivity contribution in [2.75, 3.05) is 6.54 Å². The van der Waals surface area contributed by atoms with Crippen LogP contribution in [0.15, 0.2) is 59.5 Å². The first kappa shape index (κ1) is 17.7. The van der Waals surface area contributed by atoms with E-state index in [-0.39, 0.29) is 5.54 Å². The minimum absolute atomic E-state index is 0.172. The second-order valence-corrected chi connectivity index (χ2v) is 9.77. The highest BCUT2D eigenvalue weighted by molar-refractivity contribution is 7.89. The second-order valence-electron chi connectivity index (χ2n) is 7.90. The van der Waals surface area contributed by atoms with Crippen LogP contribution >= 0.6 is 0 Å². The number of nitrogens with zero attached hydrogens (tertiary/aromatic N) is 1. The Morgan fingerprint density at radius 3 is 2.23 bits per heavy atom. The zero-order valence-electron chi connectivity index (χ0n) is 15.4. The maximum atomic E-state index is 13.3. The fourth-order valence-electron chi connectivity index (χ4n) is 4.84. The van der Waals surface area contributed by atoms with Crippen LogP contribution in [0.1, 0.15) is 55.6 Å². The smallest absolute Gasteiger partial charge is 0.207 e. The van der Waals surface area contributed by atoms with Gasteiger partial charge in [-0.25, -0.2) is 8.42 Å². The lowest BCUT2D eigenvalue weighted by Gasteiger charge is -2.43. The van der Waals surface area contributed by atoms with Crippen LogP contribution in [-0.4, -0.2) is 24.8 Å². The van der Waals surface area contributed by atoms with Crippen LogP contribution in [0.4, 0.5) is 0 Å². The minimum atomic E-state index is -3.41. The van der Waals surface area contributed by atoms with Crippen LogP contribution in [0.5, 0.6) is 0 Å². The molecule has 0 amide bonds. The fourth-order valence-corrected chi connectivity index (χ4v) is 6.73. The monoisotopic (exact) mass is 369 g/mol. The van der Waals surface area contributed by atoms with Gasteiger partial charge in [0.15, 0.2) is 0 Å². The zero-order chi connectivity index (χ0) is 18.2. The average Bonchev–Trinajstić information content (AvgIpc) is 3.07. The summed E-state index contributed by atoms with van der Waals surface area (Å²) in [4.78, 5) is 0.439. The van der Waals surface area contributed by atoms with Crippen molar-refractivity contribution >= 4 is 10.0 Å². The van der Waals surface area contributed by atoms with Crippen molar-refractivity contribution in [2.45, 2.75) is 61.8 Å². The molecule has 1 spiro atoms. The van der Waals surface area contributed by atoms with Crippen LogP contribution < -0.4 is 0 Å². The van der Waals surface area contributed by atoms with E-state index < -0.39 is 10.0 Å². The highest BCUT2D eigenvalue weighted by atomic mass is 32.2. The van der Waals surface area contributed by atoms with E-state index >= 15 is 0 Å². The van der Waals surface area contributed by atoms with Gasteiger partial charge in [0.05, 0.1) is 4.90 Å². The van der Waals surface area contributed by atoms with Gasteiger partial charge in [-0.05, 0) is 69.1 Å². The van der Waals surface area contributed by atoms with E-state index in [1.54, 1.807) is 12.1 Å². The molecule has 1 aliphatic carbocycles. The van der Waals surface area contributed by atoms with E-state index in [4.69, 9.17) is 0 Å². The molecule has 0 radical (unpaired) electrons. The number of hydrogen-bond acceptors (Lipinski definition) is 2. The van der Waals surface area contributed by atoms with E-state index in [9.17, 15) is 8.42 Å². The summed E-state index contributed by atoms with van der Waals surface area (Å²) in [6, 6.07) is 18.0. The van der Waals surface area contributed by atoms with E-state index in [2.05, 4.69) is 30.3 Å². The molecule has 0 aromatic heterocycles. The van der Waals surface area contributed by atoms with Crippen LogP contribution in [0.3, 0.4) is 0 Å². The summed E-state index contributed by atoms with van der Waals surface area (Å²) < 4.78 is 28.4. The maximum absolute atomic E-state index is 13.3. The first-order valence-corrected chi connectivity index (χ1v) is 11.1. The highest BCUT2D eigenvalue weighted by Crippen LogP contribution is 2.48. The Balaban J connectivity index is 1.56. The summed E-state index contributed by atoms with van der Waals surface area (Å²) in [5, 5.41) is 0. The van der Waals surface area contributed by atoms with Gasteiger partial charge in [-0.1, -0.05) is 48.0 Å². The van der Waals surface area contributed by atoms with Crippen molar-refractivity contribution in [1.82, 2.24) is 4.31 Å². The van der Waals surface area contributed by atoms with Crippen molar-refractivity contribution in [3.63, 3.8) is 0 Å². The summed E-state index contributed by atoms with van der Waals surface area (Å²) in [7, 11) is -3.41. The summed E-state index contributed by atoms with van der Waals surface area (Å²) in [6.45, 7) is 2.64. The van der Waals surface area contributed by atoms with Crippen LogP contribution in [-0.2, 0) is 10.0 Å². The molecule has 1 heterocycles. The largest absolute Gasteiger partial charge is 0.243 e. The SMILES string of the molecule is Cc1ccc(S(=O)(=O)N2CCCC23CCC(c2ccccc2)CC3)cc1. The van der Waals surface area contributed by atoms with Gasteiger partial charge in [0.2, 0.25) is 10.0 Å². The molecule has 4 heteroatoms. The van der Waals surface area contributed by atoms with Gasteiger partial charge in [-0.3, -0.25) is 0 Å². The first-order chi connectivity index (χ1) is 12.5. The molecule has 138 valence electrons. The topological polar surface area (TPSA) is 37.4 Å². The lowest BCUT2D eigenvalue weighted by molar-refractivity contribution is 0.160. The fraction of sp³-hybridized carbons (Fsp3) is 0.455. The van der Waals surface area contributed by atoms with Gasteiger partial charge in [-0.15, -0.1) is 0 Å². The van der Waals surface area contributed by atoms with Crippen molar-refractivity contribution < 1.29 is 8.42 Å². The standard InChI is InChI=1S/C22H27NO2S/c1-18-8-10-21(11-9-18)26(24,25)23-17-5-14-22(23)15-12-20(13-16-22)19-6-3-2-4-7-19/h2-4,6-11,20H,5,12-17H2,1H3. The molecule has 4 rings (SSSR count). The summed E-state index contributed by atoms with van der Waals surface area (Å²) in [5.41, 5.74) is 2.31. The molecule has 0 bridgehead atoms. The Morgan fingerprint density at radius 2 is 1.58 bits per heavy atom. The molecule has 1 saturated heterocycles. The normalized spacial score (nSPS) is 27.0. The van der Waals surface area contributed by atoms with Crippen molar-refractivity contribution in [3.8, 4) is 0 Å². The second kappa shape index (κ2) is 6.82. The molecule has 26 heavy (non-hydrogen) atoms. The van der Waals surface area contributed by atoms with Crippen molar-refractivity contribution in [2.24, 2.45) is 0 Å². The van der Waals surface area contributed by atoms with Gasteiger partial charge in [0.1, 0.15) is 0 Å². The molecule has 0 atom stereocenters. The van der Waals surface area contributed by atoms with E-state index in [0.29, 0.717) is 17.4 Å². The average molecular weight is 370 g/mol. The van der Waals surface area contributed by atoms with Crippen LogP contribution in [0.2, 0.25) is 0 Å². The quantitative estimate of drug-likeness (QED) is 0.773.